The fraction of sp³-hybridized carbons (Fsp3) is 0.538. The van der Waals surface area contributed by atoms with Crippen molar-refractivity contribution < 1.29 is 9.21 Å². The van der Waals surface area contributed by atoms with Crippen molar-refractivity contribution in [2.45, 2.75) is 25.7 Å². The molecule has 0 saturated carbocycles. The zero-order valence-corrected chi connectivity index (χ0v) is 11.1. The second-order valence-corrected chi connectivity index (χ2v) is 5.13. The Kier molecular flexibility index (Phi) is 4.36. The number of nitrogens with zero attached hydrogens (tertiary/aromatic N) is 1. The van der Waals surface area contributed by atoms with Crippen molar-refractivity contribution in [3.8, 4) is 0 Å². The Labute approximate surface area is 112 Å². The van der Waals surface area contributed by atoms with E-state index in [0.29, 0.717) is 24.4 Å². The molecule has 5 heteroatoms. The summed E-state index contributed by atoms with van der Waals surface area (Å²) in [6, 6.07) is 3.73. The number of hydrogen-bond donors (Lipinski definition) is 1. The van der Waals surface area contributed by atoms with Crippen LogP contribution in [-0.2, 0) is 11.2 Å². The van der Waals surface area contributed by atoms with Gasteiger partial charge in [0.05, 0.1) is 11.3 Å². The summed E-state index contributed by atoms with van der Waals surface area (Å²) in [7, 11) is 0. The van der Waals surface area contributed by atoms with Crippen molar-refractivity contribution in [3.63, 3.8) is 0 Å². The largest absolute Gasteiger partial charge is 0.469 e. The number of hydrogen-bond acceptors (Lipinski definition) is 3. The van der Waals surface area contributed by atoms with Crippen LogP contribution in [-0.4, -0.2) is 28.9 Å². The summed E-state index contributed by atoms with van der Waals surface area (Å²) in [5.74, 6) is 1.19. The third-order valence-electron chi connectivity index (χ3n) is 3.34. The third-order valence-corrected chi connectivity index (χ3v) is 3.68. The monoisotopic (exact) mass is 266 g/mol. The Balaban J connectivity index is 1.83. The van der Waals surface area contributed by atoms with E-state index in [1.54, 1.807) is 6.26 Å². The maximum Gasteiger partial charge on any atom is 0.223 e. The summed E-state index contributed by atoms with van der Waals surface area (Å²) in [4.78, 5) is 14.5. The Bertz CT molecular complexity index is 417. The maximum atomic E-state index is 12.1. The van der Waals surface area contributed by atoms with E-state index in [2.05, 4.69) is 0 Å². The minimum atomic E-state index is 0.160. The van der Waals surface area contributed by atoms with Gasteiger partial charge in [-0.1, -0.05) is 12.2 Å². The number of nitrogens with two attached hydrogens (primary N) is 1. The number of carbonyl (C=O) groups excluding carboxylic acids is 1. The second-order valence-electron chi connectivity index (χ2n) is 4.66. The molecule has 2 heterocycles. The van der Waals surface area contributed by atoms with Crippen molar-refractivity contribution in [1.29, 1.82) is 0 Å². The van der Waals surface area contributed by atoms with Gasteiger partial charge in [-0.2, -0.15) is 0 Å². The van der Waals surface area contributed by atoms with Crippen LogP contribution in [0.5, 0.6) is 0 Å². The number of furan rings is 1. The number of piperidine rings is 1. The van der Waals surface area contributed by atoms with Crippen LogP contribution in [0.3, 0.4) is 0 Å². The van der Waals surface area contributed by atoms with Crippen LogP contribution in [0.1, 0.15) is 25.0 Å². The number of amides is 1. The molecule has 0 spiro atoms. The molecule has 18 heavy (non-hydrogen) atoms. The molecule has 0 bridgehead atoms. The molecular formula is C13H18N2O2S. The zero-order chi connectivity index (χ0) is 13.0. The highest BCUT2D eigenvalue weighted by Gasteiger charge is 2.24. The highest BCUT2D eigenvalue weighted by Crippen LogP contribution is 2.18. The fourth-order valence-electron chi connectivity index (χ4n) is 2.28. The summed E-state index contributed by atoms with van der Waals surface area (Å²) in [5, 5.41) is 0. The molecule has 1 aliphatic heterocycles. The highest BCUT2D eigenvalue weighted by molar-refractivity contribution is 7.80. The Hall–Kier alpha value is -1.36. The molecule has 0 aliphatic carbocycles. The first-order chi connectivity index (χ1) is 8.66. The molecule has 1 fully saturated rings. The number of aryl methyl sites for hydroxylation is 1. The first kappa shape index (κ1) is 13.1. The minimum absolute atomic E-state index is 0.160. The van der Waals surface area contributed by atoms with E-state index in [9.17, 15) is 4.79 Å². The number of thiocarbonyl (C=S) groups is 1. The Morgan fingerprint density at radius 3 is 3.11 bits per heavy atom. The second kappa shape index (κ2) is 6.00. The van der Waals surface area contributed by atoms with Crippen molar-refractivity contribution in [2.75, 3.05) is 13.1 Å². The lowest BCUT2D eigenvalue weighted by atomic mass is 9.98. The normalized spacial score (nSPS) is 19.8. The van der Waals surface area contributed by atoms with E-state index < -0.39 is 0 Å². The standard InChI is InChI=1S/C13H18N2O2S/c14-13(18)10-3-1-7-15(9-10)12(16)6-5-11-4-2-8-17-11/h2,4,8,10H,1,3,5-7,9H2,(H2,14,18). The van der Waals surface area contributed by atoms with Crippen molar-refractivity contribution in [3.05, 3.63) is 24.2 Å². The molecule has 1 atom stereocenters. The van der Waals surface area contributed by atoms with Gasteiger partial charge in [0.15, 0.2) is 0 Å². The van der Waals surface area contributed by atoms with Crippen molar-refractivity contribution in [1.82, 2.24) is 4.90 Å². The first-order valence-corrected chi connectivity index (χ1v) is 6.67. The predicted molar refractivity (Wildman–Crippen MR) is 73.1 cm³/mol. The summed E-state index contributed by atoms with van der Waals surface area (Å²) in [6.45, 7) is 1.49. The van der Waals surface area contributed by atoms with Gasteiger partial charge in [-0.05, 0) is 25.0 Å². The molecule has 1 aliphatic rings. The summed E-state index contributed by atoms with van der Waals surface area (Å²) in [6.07, 6.45) is 4.74. The highest BCUT2D eigenvalue weighted by atomic mass is 32.1. The van der Waals surface area contributed by atoms with Gasteiger partial charge in [0, 0.05) is 31.8 Å². The average molecular weight is 266 g/mol. The molecule has 1 saturated heterocycles. The third kappa shape index (κ3) is 3.32. The van der Waals surface area contributed by atoms with Crippen LogP contribution in [0.2, 0.25) is 0 Å². The lowest BCUT2D eigenvalue weighted by Crippen LogP contribution is -2.43. The molecule has 0 aromatic carbocycles. The van der Waals surface area contributed by atoms with E-state index in [1.165, 1.54) is 0 Å². The lowest BCUT2D eigenvalue weighted by molar-refractivity contribution is -0.132. The molecule has 1 aromatic heterocycles. The molecule has 2 rings (SSSR count). The average Bonchev–Trinajstić information content (AvgIpc) is 2.89. The number of rotatable bonds is 4. The van der Waals surface area contributed by atoms with Gasteiger partial charge in [0.1, 0.15) is 5.76 Å². The predicted octanol–water partition coefficient (Wildman–Crippen LogP) is 1.74. The lowest BCUT2D eigenvalue weighted by Gasteiger charge is -2.32. The van der Waals surface area contributed by atoms with Gasteiger partial charge in [-0.25, -0.2) is 0 Å². The molecule has 0 radical (unpaired) electrons. The smallest absolute Gasteiger partial charge is 0.223 e. The number of likely N-dealkylation sites (tertiary alicyclic amines) is 1. The number of carbonyl (C=O) groups is 1. The molecule has 1 unspecified atom stereocenters. The van der Waals surface area contributed by atoms with Crippen LogP contribution >= 0.6 is 12.2 Å². The zero-order valence-electron chi connectivity index (χ0n) is 10.3. The van der Waals surface area contributed by atoms with Crippen LogP contribution in [0.4, 0.5) is 0 Å². The molecule has 4 nitrogen and oxygen atoms in total. The van der Waals surface area contributed by atoms with Crippen LogP contribution in [0.25, 0.3) is 0 Å². The van der Waals surface area contributed by atoms with Crippen molar-refractivity contribution >= 4 is 23.1 Å². The van der Waals surface area contributed by atoms with E-state index in [1.807, 2.05) is 17.0 Å². The molecular weight excluding hydrogens is 248 g/mol. The molecule has 1 aromatic rings. The molecule has 98 valence electrons. The Morgan fingerprint density at radius 1 is 1.61 bits per heavy atom. The maximum absolute atomic E-state index is 12.1. The van der Waals surface area contributed by atoms with Crippen LogP contribution in [0.15, 0.2) is 22.8 Å². The summed E-state index contributed by atoms with van der Waals surface area (Å²) >= 11 is 5.01. The van der Waals surface area contributed by atoms with Crippen molar-refractivity contribution in [2.24, 2.45) is 11.7 Å². The van der Waals surface area contributed by atoms with E-state index in [0.717, 1.165) is 25.1 Å². The van der Waals surface area contributed by atoms with Gasteiger partial charge >= 0.3 is 0 Å². The SMILES string of the molecule is NC(=S)C1CCCN(C(=O)CCc2ccco2)C1. The van der Waals surface area contributed by atoms with E-state index >= 15 is 0 Å². The Morgan fingerprint density at radius 2 is 2.44 bits per heavy atom. The molecule has 1 amide bonds. The topological polar surface area (TPSA) is 59.5 Å². The first-order valence-electron chi connectivity index (χ1n) is 6.26. The van der Waals surface area contributed by atoms with Crippen LogP contribution in [0, 0.1) is 5.92 Å². The summed E-state index contributed by atoms with van der Waals surface area (Å²) in [5.41, 5.74) is 5.66. The van der Waals surface area contributed by atoms with Gasteiger partial charge in [0.25, 0.3) is 0 Å². The quantitative estimate of drug-likeness (QED) is 0.843. The van der Waals surface area contributed by atoms with Crippen LogP contribution < -0.4 is 5.73 Å². The summed E-state index contributed by atoms with van der Waals surface area (Å²) < 4.78 is 5.22. The van der Waals surface area contributed by atoms with Gasteiger partial charge in [0.2, 0.25) is 5.91 Å². The van der Waals surface area contributed by atoms with Gasteiger partial charge < -0.3 is 15.1 Å². The molecule has 2 N–H and O–H groups in total. The van der Waals surface area contributed by atoms with E-state index in [-0.39, 0.29) is 11.8 Å². The van der Waals surface area contributed by atoms with E-state index in [4.69, 9.17) is 22.4 Å². The van der Waals surface area contributed by atoms with Gasteiger partial charge in [-0.15, -0.1) is 0 Å². The fourth-order valence-corrected chi connectivity index (χ4v) is 2.47. The minimum Gasteiger partial charge on any atom is -0.469 e. The van der Waals surface area contributed by atoms with Gasteiger partial charge in [-0.3, -0.25) is 4.79 Å².